The van der Waals surface area contributed by atoms with Gasteiger partial charge in [0.1, 0.15) is 6.54 Å². The zero-order chi connectivity index (χ0) is 14.4. The third-order valence-electron chi connectivity index (χ3n) is 2.94. The largest absolute Gasteiger partial charge is 0.462 e. The Kier molecular flexibility index (Phi) is 5.60. The van der Waals surface area contributed by atoms with Crippen LogP contribution >= 0.6 is 0 Å². The van der Waals surface area contributed by atoms with Crippen LogP contribution < -0.4 is 5.32 Å². The van der Waals surface area contributed by atoms with Gasteiger partial charge in [-0.2, -0.15) is 0 Å². The molecule has 0 aliphatic heterocycles. The highest BCUT2D eigenvalue weighted by atomic mass is 16.5. The van der Waals surface area contributed by atoms with Crippen LogP contribution in [-0.2, 0) is 16.1 Å². The van der Waals surface area contributed by atoms with Gasteiger partial charge in [-0.1, -0.05) is 6.92 Å². The summed E-state index contributed by atoms with van der Waals surface area (Å²) in [6, 6.07) is 1.76. The molecule has 0 saturated carbocycles. The van der Waals surface area contributed by atoms with Crippen LogP contribution in [0.25, 0.3) is 0 Å². The van der Waals surface area contributed by atoms with E-state index < -0.39 is 0 Å². The maximum absolute atomic E-state index is 11.8. The first-order chi connectivity index (χ1) is 9.01. The lowest BCUT2D eigenvalue weighted by molar-refractivity contribution is -0.121. The molecule has 0 aliphatic rings. The summed E-state index contributed by atoms with van der Waals surface area (Å²) in [5.74, 6) is -0.380. The van der Waals surface area contributed by atoms with Crippen LogP contribution in [0, 0.1) is 13.8 Å². The van der Waals surface area contributed by atoms with Crippen LogP contribution in [-0.4, -0.2) is 29.6 Å². The van der Waals surface area contributed by atoms with Crippen LogP contribution in [0.3, 0.4) is 0 Å². The molecule has 0 atom stereocenters. The first-order valence-electron chi connectivity index (χ1n) is 6.61. The van der Waals surface area contributed by atoms with Gasteiger partial charge >= 0.3 is 5.97 Å². The molecule has 1 N–H and O–H groups in total. The van der Waals surface area contributed by atoms with Gasteiger partial charge in [0.2, 0.25) is 5.91 Å². The van der Waals surface area contributed by atoms with Crippen LogP contribution in [0.1, 0.15) is 42.0 Å². The lowest BCUT2D eigenvalue weighted by Crippen LogP contribution is -2.28. The Hall–Kier alpha value is -1.78. The molecule has 0 aliphatic carbocycles. The fourth-order valence-electron chi connectivity index (χ4n) is 1.92. The van der Waals surface area contributed by atoms with E-state index in [-0.39, 0.29) is 18.4 Å². The van der Waals surface area contributed by atoms with Crippen molar-refractivity contribution in [2.24, 2.45) is 0 Å². The minimum atomic E-state index is -0.337. The Labute approximate surface area is 113 Å². The highest BCUT2D eigenvalue weighted by Crippen LogP contribution is 2.16. The maximum atomic E-state index is 11.8. The molecule has 0 aromatic carbocycles. The average molecular weight is 266 g/mol. The summed E-state index contributed by atoms with van der Waals surface area (Å²) in [6.45, 7) is 8.73. The zero-order valence-electron chi connectivity index (χ0n) is 12.1. The number of aryl methyl sites for hydroxylation is 1. The molecule has 5 nitrogen and oxygen atoms in total. The number of ether oxygens (including phenoxy) is 1. The summed E-state index contributed by atoms with van der Waals surface area (Å²) in [5, 5.41) is 2.82. The van der Waals surface area contributed by atoms with Crippen LogP contribution in [0.15, 0.2) is 6.07 Å². The summed E-state index contributed by atoms with van der Waals surface area (Å²) in [5.41, 5.74) is 2.18. The van der Waals surface area contributed by atoms with E-state index >= 15 is 0 Å². The van der Waals surface area contributed by atoms with Gasteiger partial charge in [0.25, 0.3) is 0 Å². The van der Waals surface area contributed by atoms with Gasteiger partial charge in [0.15, 0.2) is 0 Å². The number of amides is 1. The van der Waals surface area contributed by atoms with E-state index in [9.17, 15) is 9.59 Å². The van der Waals surface area contributed by atoms with Crippen molar-refractivity contribution in [3.05, 3.63) is 23.0 Å². The zero-order valence-corrected chi connectivity index (χ0v) is 12.1. The summed E-state index contributed by atoms with van der Waals surface area (Å²) >= 11 is 0. The first kappa shape index (κ1) is 15.3. The Bertz CT molecular complexity index is 464. The number of hydrogen-bond acceptors (Lipinski definition) is 3. The van der Waals surface area contributed by atoms with Crippen molar-refractivity contribution in [3.8, 4) is 0 Å². The Balaban J connectivity index is 2.85. The van der Waals surface area contributed by atoms with Crippen molar-refractivity contribution in [2.75, 3.05) is 13.2 Å². The second-order valence-electron chi connectivity index (χ2n) is 4.44. The second kappa shape index (κ2) is 6.97. The molecule has 0 radical (unpaired) electrons. The molecule has 0 unspecified atom stereocenters. The molecule has 1 rings (SSSR count). The van der Waals surface area contributed by atoms with Gasteiger partial charge in [-0.05, 0) is 33.3 Å². The monoisotopic (exact) mass is 266 g/mol. The van der Waals surface area contributed by atoms with Gasteiger partial charge in [0, 0.05) is 17.9 Å². The van der Waals surface area contributed by atoms with Gasteiger partial charge in [-0.15, -0.1) is 0 Å². The Morgan fingerprint density at radius 3 is 2.58 bits per heavy atom. The molecule has 19 heavy (non-hydrogen) atoms. The highest BCUT2D eigenvalue weighted by molar-refractivity contribution is 5.91. The standard InChI is InChI=1S/C14H22N2O3/c1-5-7-15-13(17)9-16-10(3)8-12(11(16)4)14(18)19-6-2/h8H,5-7,9H2,1-4H3,(H,15,17). The molecule has 1 aromatic rings. The van der Waals surface area contributed by atoms with Gasteiger partial charge in [-0.25, -0.2) is 4.79 Å². The molecule has 0 bridgehead atoms. The van der Waals surface area contributed by atoms with Crippen molar-refractivity contribution >= 4 is 11.9 Å². The minimum absolute atomic E-state index is 0.0425. The number of nitrogens with zero attached hydrogens (tertiary/aromatic N) is 1. The molecule has 0 spiro atoms. The quantitative estimate of drug-likeness (QED) is 0.799. The van der Waals surface area contributed by atoms with E-state index in [1.54, 1.807) is 13.0 Å². The number of aromatic nitrogens is 1. The third-order valence-corrected chi connectivity index (χ3v) is 2.94. The smallest absolute Gasteiger partial charge is 0.339 e. The summed E-state index contributed by atoms with van der Waals surface area (Å²) in [4.78, 5) is 23.5. The molecule has 1 aromatic heterocycles. The van der Waals surface area contributed by atoms with Crippen molar-refractivity contribution in [3.63, 3.8) is 0 Å². The fourth-order valence-corrected chi connectivity index (χ4v) is 1.92. The van der Waals surface area contributed by atoms with Crippen molar-refractivity contribution < 1.29 is 14.3 Å². The number of carbonyl (C=O) groups is 2. The summed E-state index contributed by atoms with van der Waals surface area (Å²) in [6.07, 6.45) is 0.906. The molecule has 0 fully saturated rings. The number of rotatable bonds is 6. The molecule has 0 saturated heterocycles. The lowest BCUT2D eigenvalue weighted by Gasteiger charge is -2.10. The number of hydrogen-bond donors (Lipinski definition) is 1. The van der Waals surface area contributed by atoms with Crippen molar-refractivity contribution in [1.82, 2.24) is 9.88 Å². The van der Waals surface area contributed by atoms with E-state index in [1.807, 2.05) is 25.3 Å². The Morgan fingerprint density at radius 2 is 2.00 bits per heavy atom. The van der Waals surface area contributed by atoms with E-state index in [0.29, 0.717) is 18.7 Å². The average Bonchev–Trinajstić information content (AvgIpc) is 2.64. The second-order valence-corrected chi connectivity index (χ2v) is 4.44. The molecule has 1 amide bonds. The summed E-state index contributed by atoms with van der Waals surface area (Å²) in [7, 11) is 0. The molecule has 5 heteroatoms. The number of esters is 1. The van der Waals surface area contributed by atoms with Crippen molar-refractivity contribution in [1.29, 1.82) is 0 Å². The first-order valence-corrected chi connectivity index (χ1v) is 6.61. The molecule has 1 heterocycles. The Morgan fingerprint density at radius 1 is 1.32 bits per heavy atom. The maximum Gasteiger partial charge on any atom is 0.339 e. The van der Waals surface area contributed by atoms with Crippen molar-refractivity contribution in [2.45, 2.75) is 40.7 Å². The van der Waals surface area contributed by atoms with E-state index in [2.05, 4.69) is 5.32 Å². The van der Waals surface area contributed by atoms with E-state index in [0.717, 1.165) is 17.8 Å². The molecule has 106 valence electrons. The van der Waals surface area contributed by atoms with Gasteiger partial charge in [-0.3, -0.25) is 4.79 Å². The van der Waals surface area contributed by atoms with E-state index in [4.69, 9.17) is 4.74 Å². The molecular formula is C14H22N2O3. The van der Waals surface area contributed by atoms with Crippen LogP contribution in [0.4, 0.5) is 0 Å². The topological polar surface area (TPSA) is 60.3 Å². The van der Waals surface area contributed by atoms with Gasteiger partial charge < -0.3 is 14.6 Å². The fraction of sp³-hybridized carbons (Fsp3) is 0.571. The third kappa shape index (κ3) is 3.84. The van der Waals surface area contributed by atoms with Crippen LogP contribution in [0.5, 0.6) is 0 Å². The highest BCUT2D eigenvalue weighted by Gasteiger charge is 2.17. The van der Waals surface area contributed by atoms with Gasteiger partial charge in [0.05, 0.1) is 12.2 Å². The van der Waals surface area contributed by atoms with Crippen LogP contribution in [0.2, 0.25) is 0 Å². The minimum Gasteiger partial charge on any atom is -0.462 e. The SMILES string of the molecule is CCCNC(=O)Cn1c(C)cc(C(=O)OCC)c1C. The predicted molar refractivity (Wildman–Crippen MR) is 73.2 cm³/mol. The van der Waals surface area contributed by atoms with E-state index in [1.165, 1.54) is 0 Å². The lowest BCUT2D eigenvalue weighted by atomic mass is 10.2. The predicted octanol–water partition coefficient (Wildman–Crippen LogP) is 1.81. The number of nitrogens with one attached hydrogen (secondary N) is 1. The number of carbonyl (C=O) groups excluding carboxylic acids is 2. The normalized spacial score (nSPS) is 10.3. The molecular weight excluding hydrogens is 244 g/mol. The summed E-state index contributed by atoms with van der Waals surface area (Å²) < 4.78 is 6.82.